The predicted molar refractivity (Wildman–Crippen MR) is 85.6 cm³/mol. The zero-order chi connectivity index (χ0) is 14.5. The first-order chi connectivity index (χ1) is 8.90. The molecule has 3 heteroatoms. The SMILES string of the molecule is CCC(CC)(CBr)CNC(=O)C1CCCCC1(C)C. The number of alkyl halides is 1. The van der Waals surface area contributed by atoms with Gasteiger partial charge in [0.2, 0.25) is 5.91 Å². The van der Waals surface area contributed by atoms with Crippen LogP contribution in [-0.2, 0) is 4.79 Å². The molecule has 1 N–H and O–H groups in total. The Morgan fingerprint density at radius 3 is 2.42 bits per heavy atom. The smallest absolute Gasteiger partial charge is 0.223 e. The molecule has 1 aliphatic rings. The van der Waals surface area contributed by atoms with Crippen molar-refractivity contribution < 1.29 is 4.79 Å². The Labute approximate surface area is 127 Å². The summed E-state index contributed by atoms with van der Waals surface area (Å²) in [5, 5.41) is 4.19. The number of halogens is 1. The van der Waals surface area contributed by atoms with Crippen LogP contribution in [0.15, 0.2) is 0 Å². The summed E-state index contributed by atoms with van der Waals surface area (Å²) >= 11 is 3.61. The van der Waals surface area contributed by atoms with Crippen molar-refractivity contribution >= 4 is 21.8 Å². The van der Waals surface area contributed by atoms with Crippen molar-refractivity contribution in [2.75, 3.05) is 11.9 Å². The third-order valence-corrected chi connectivity index (χ3v) is 6.43. The normalized spacial score (nSPS) is 23.1. The summed E-state index contributed by atoms with van der Waals surface area (Å²) in [6.07, 6.45) is 6.90. The maximum absolute atomic E-state index is 12.5. The first-order valence-electron chi connectivity index (χ1n) is 7.74. The average molecular weight is 332 g/mol. The molecule has 1 saturated carbocycles. The van der Waals surface area contributed by atoms with Crippen molar-refractivity contribution in [1.82, 2.24) is 5.32 Å². The molecule has 0 bridgehead atoms. The van der Waals surface area contributed by atoms with Crippen molar-refractivity contribution in [2.24, 2.45) is 16.7 Å². The molecule has 1 unspecified atom stereocenters. The Balaban J connectivity index is 2.59. The maximum Gasteiger partial charge on any atom is 0.223 e. The van der Waals surface area contributed by atoms with E-state index in [1.807, 2.05) is 0 Å². The molecule has 0 aromatic rings. The lowest BCUT2D eigenvalue weighted by molar-refractivity contribution is -0.130. The minimum absolute atomic E-state index is 0.165. The number of carbonyl (C=O) groups is 1. The van der Waals surface area contributed by atoms with Crippen LogP contribution < -0.4 is 5.32 Å². The lowest BCUT2D eigenvalue weighted by Crippen LogP contribution is -2.45. The quantitative estimate of drug-likeness (QED) is 0.712. The lowest BCUT2D eigenvalue weighted by Gasteiger charge is -2.38. The summed E-state index contributed by atoms with van der Waals surface area (Å²) in [6, 6.07) is 0. The van der Waals surface area contributed by atoms with Crippen LogP contribution >= 0.6 is 15.9 Å². The Bertz CT molecular complexity index is 289. The fraction of sp³-hybridized carbons (Fsp3) is 0.938. The van der Waals surface area contributed by atoms with Gasteiger partial charge in [-0.1, -0.05) is 56.5 Å². The molecule has 19 heavy (non-hydrogen) atoms. The molecular weight excluding hydrogens is 302 g/mol. The highest BCUT2D eigenvalue weighted by atomic mass is 79.9. The van der Waals surface area contributed by atoms with E-state index >= 15 is 0 Å². The zero-order valence-corrected chi connectivity index (χ0v) is 14.6. The molecule has 0 aromatic heterocycles. The summed E-state index contributed by atoms with van der Waals surface area (Å²) in [5.74, 6) is 0.472. The lowest BCUT2D eigenvalue weighted by atomic mass is 9.68. The second-order valence-electron chi connectivity index (χ2n) is 6.85. The van der Waals surface area contributed by atoms with Gasteiger partial charge in [0.05, 0.1) is 0 Å². The van der Waals surface area contributed by atoms with E-state index in [-0.39, 0.29) is 22.7 Å². The fourth-order valence-corrected chi connectivity index (χ4v) is 4.11. The van der Waals surface area contributed by atoms with E-state index in [9.17, 15) is 4.79 Å². The van der Waals surface area contributed by atoms with Gasteiger partial charge in [-0.25, -0.2) is 0 Å². The van der Waals surface area contributed by atoms with Gasteiger partial charge in [0.15, 0.2) is 0 Å². The molecule has 0 aromatic carbocycles. The summed E-state index contributed by atoms with van der Waals surface area (Å²) < 4.78 is 0. The summed E-state index contributed by atoms with van der Waals surface area (Å²) in [7, 11) is 0. The van der Waals surface area contributed by atoms with Crippen LogP contribution in [0.5, 0.6) is 0 Å². The minimum Gasteiger partial charge on any atom is -0.355 e. The Morgan fingerprint density at radius 2 is 1.95 bits per heavy atom. The molecule has 1 atom stereocenters. The molecule has 1 amide bonds. The largest absolute Gasteiger partial charge is 0.355 e. The third-order valence-electron chi connectivity index (χ3n) is 5.24. The maximum atomic E-state index is 12.5. The molecule has 112 valence electrons. The van der Waals surface area contributed by atoms with Gasteiger partial charge in [-0.05, 0) is 36.5 Å². The second kappa shape index (κ2) is 7.10. The average Bonchev–Trinajstić information content (AvgIpc) is 2.40. The standard InChI is InChI=1S/C16H30BrNO/c1-5-16(6-2,11-17)12-18-14(19)13-9-7-8-10-15(13,3)4/h13H,5-12H2,1-4H3,(H,18,19). The summed E-state index contributed by atoms with van der Waals surface area (Å²) in [4.78, 5) is 12.5. The van der Waals surface area contributed by atoms with E-state index in [4.69, 9.17) is 0 Å². The second-order valence-corrected chi connectivity index (χ2v) is 7.41. The van der Waals surface area contributed by atoms with E-state index in [1.165, 1.54) is 19.3 Å². The van der Waals surface area contributed by atoms with Gasteiger partial charge in [-0.2, -0.15) is 0 Å². The predicted octanol–water partition coefficient (Wildman–Crippen LogP) is 4.52. The number of rotatable bonds is 6. The first kappa shape index (κ1) is 17.0. The molecule has 0 aliphatic heterocycles. The van der Waals surface area contributed by atoms with Gasteiger partial charge in [0.25, 0.3) is 0 Å². The minimum atomic E-state index is 0.165. The van der Waals surface area contributed by atoms with Gasteiger partial charge in [0, 0.05) is 17.8 Å². The Morgan fingerprint density at radius 1 is 1.32 bits per heavy atom. The molecule has 0 radical (unpaired) electrons. The number of carbonyl (C=O) groups excluding carboxylic acids is 1. The summed E-state index contributed by atoms with van der Waals surface area (Å²) in [6.45, 7) is 9.71. The van der Waals surface area contributed by atoms with Crippen molar-refractivity contribution in [1.29, 1.82) is 0 Å². The van der Waals surface area contributed by atoms with E-state index in [1.54, 1.807) is 0 Å². The van der Waals surface area contributed by atoms with Crippen LogP contribution in [0, 0.1) is 16.7 Å². The van der Waals surface area contributed by atoms with Crippen LogP contribution in [0.1, 0.15) is 66.2 Å². The van der Waals surface area contributed by atoms with Gasteiger partial charge in [-0.15, -0.1) is 0 Å². The topological polar surface area (TPSA) is 29.1 Å². The van der Waals surface area contributed by atoms with E-state index in [2.05, 4.69) is 48.9 Å². The number of amides is 1. The highest BCUT2D eigenvalue weighted by Crippen LogP contribution is 2.40. The van der Waals surface area contributed by atoms with Crippen LogP contribution in [0.4, 0.5) is 0 Å². The first-order valence-corrected chi connectivity index (χ1v) is 8.86. The summed E-state index contributed by atoms with van der Waals surface area (Å²) in [5.41, 5.74) is 0.381. The molecule has 1 rings (SSSR count). The van der Waals surface area contributed by atoms with Gasteiger partial charge < -0.3 is 5.32 Å². The van der Waals surface area contributed by atoms with Gasteiger partial charge >= 0.3 is 0 Å². The van der Waals surface area contributed by atoms with Crippen molar-refractivity contribution in [3.63, 3.8) is 0 Å². The number of hydrogen-bond acceptors (Lipinski definition) is 1. The Hall–Kier alpha value is -0.0500. The van der Waals surface area contributed by atoms with E-state index < -0.39 is 0 Å². The van der Waals surface area contributed by atoms with Crippen LogP contribution in [0.25, 0.3) is 0 Å². The number of hydrogen-bond donors (Lipinski definition) is 1. The highest BCUT2D eigenvalue weighted by molar-refractivity contribution is 9.09. The molecular formula is C16H30BrNO. The van der Waals surface area contributed by atoms with E-state index in [0.29, 0.717) is 0 Å². The Kier molecular flexibility index (Phi) is 6.35. The number of nitrogens with one attached hydrogen (secondary N) is 1. The fourth-order valence-electron chi connectivity index (χ4n) is 3.11. The van der Waals surface area contributed by atoms with Crippen LogP contribution in [0.3, 0.4) is 0 Å². The van der Waals surface area contributed by atoms with E-state index in [0.717, 1.165) is 31.1 Å². The van der Waals surface area contributed by atoms with Crippen molar-refractivity contribution in [3.05, 3.63) is 0 Å². The molecule has 1 aliphatic carbocycles. The molecule has 0 saturated heterocycles. The van der Waals surface area contributed by atoms with Crippen molar-refractivity contribution in [2.45, 2.75) is 66.2 Å². The molecule has 2 nitrogen and oxygen atoms in total. The molecule has 1 fully saturated rings. The molecule has 0 heterocycles. The zero-order valence-electron chi connectivity index (χ0n) is 13.0. The van der Waals surface area contributed by atoms with Crippen LogP contribution in [0.2, 0.25) is 0 Å². The van der Waals surface area contributed by atoms with Gasteiger partial charge in [0.1, 0.15) is 0 Å². The third kappa shape index (κ3) is 4.21. The highest BCUT2D eigenvalue weighted by Gasteiger charge is 2.37. The van der Waals surface area contributed by atoms with Crippen LogP contribution in [-0.4, -0.2) is 17.8 Å². The molecule has 0 spiro atoms. The van der Waals surface area contributed by atoms with Crippen molar-refractivity contribution in [3.8, 4) is 0 Å². The monoisotopic (exact) mass is 331 g/mol. The van der Waals surface area contributed by atoms with Gasteiger partial charge in [-0.3, -0.25) is 4.79 Å².